The number of nitrogens with zero attached hydrogens (tertiary/aromatic N) is 2. The first-order chi connectivity index (χ1) is 11.7. The lowest BCUT2D eigenvalue weighted by Crippen LogP contribution is -2.16. The highest BCUT2D eigenvalue weighted by atomic mass is 35.5. The van der Waals surface area contributed by atoms with Gasteiger partial charge in [0.05, 0.1) is 28.4 Å². The van der Waals surface area contributed by atoms with Crippen molar-refractivity contribution in [2.75, 3.05) is 5.32 Å². The van der Waals surface area contributed by atoms with Crippen molar-refractivity contribution in [3.05, 3.63) is 64.8 Å². The minimum atomic E-state index is -4.55. The summed E-state index contributed by atoms with van der Waals surface area (Å²) in [5.74, 6) is -1.05. The third-order valence-corrected chi connectivity index (χ3v) is 3.70. The van der Waals surface area contributed by atoms with Crippen LogP contribution in [0.25, 0.3) is 5.65 Å². The van der Waals surface area contributed by atoms with Crippen LogP contribution in [-0.4, -0.2) is 15.3 Å². The SMILES string of the molecule is O=C(Cc1cn2cc(F)ccc2n1)Nc1cc(C(F)(F)F)ccc1Cl. The van der Waals surface area contributed by atoms with Gasteiger partial charge in [0.25, 0.3) is 0 Å². The number of hydrogen-bond donors (Lipinski definition) is 1. The summed E-state index contributed by atoms with van der Waals surface area (Å²) in [5.41, 5.74) is -0.279. The van der Waals surface area contributed by atoms with Gasteiger partial charge in [-0.2, -0.15) is 13.2 Å². The Bertz CT molecular complexity index is 952. The third kappa shape index (κ3) is 3.90. The summed E-state index contributed by atoms with van der Waals surface area (Å²) in [4.78, 5) is 16.2. The van der Waals surface area contributed by atoms with Gasteiger partial charge in [0.15, 0.2) is 0 Å². The molecule has 3 aromatic rings. The van der Waals surface area contributed by atoms with Crippen LogP contribution in [0, 0.1) is 5.82 Å². The first-order valence-corrected chi connectivity index (χ1v) is 7.40. The molecule has 0 fully saturated rings. The number of carbonyl (C=O) groups excluding carboxylic acids is 1. The van der Waals surface area contributed by atoms with Crippen LogP contribution >= 0.6 is 11.6 Å². The van der Waals surface area contributed by atoms with Crippen molar-refractivity contribution >= 4 is 28.8 Å². The third-order valence-electron chi connectivity index (χ3n) is 3.37. The average Bonchev–Trinajstić information content (AvgIpc) is 2.89. The molecule has 4 nitrogen and oxygen atoms in total. The number of fused-ring (bicyclic) bond motifs is 1. The molecule has 1 aromatic carbocycles. The Kier molecular flexibility index (Phi) is 4.38. The number of amides is 1. The molecule has 3 rings (SSSR count). The summed E-state index contributed by atoms with van der Waals surface area (Å²) in [6, 6.07) is 5.33. The summed E-state index contributed by atoms with van der Waals surface area (Å²) in [6.07, 6.45) is -2.08. The van der Waals surface area contributed by atoms with E-state index in [1.54, 1.807) is 0 Å². The second-order valence-corrected chi connectivity index (χ2v) is 5.67. The molecule has 25 heavy (non-hydrogen) atoms. The Morgan fingerprint density at radius 1 is 1.20 bits per heavy atom. The van der Waals surface area contributed by atoms with E-state index in [-0.39, 0.29) is 17.1 Å². The van der Waals surface area contributed by atoms with Crippen molar-refractivity contribution in [2.45, 2.75) is 12.6 Å². The molecule has 0 aliphatic rings. The highest BCUT2D eigenvalue weighted by Gasteiger charge is 2.31. The number of nitrogens with one attached hydrogen (secondary N) is 1. The molecule has 0 saturated carbocycles. The predicted octanol–water partition coefficient (Wildman–Crippen LogP) is 4.33. The highest BCUT2D eigenvalue weighted by Crippen LogP contribution is 2.33. The molecule has 0 bridgehead atoms. The van der Waals surface area contributed by atoms with E-state index in [9.17, 15) is 22.4 Å². The van der Waals surface area contributed by atoms with Crippen LogP contribution in [0.3, 0.4) is 0 Å². The lowest BCUT2D eigenvalue weighted by atomic mass is 10.2. The van der Waals surface area contributed by atoms with Gasteiger partial charge in [-0.1, -0.05) is 11.6 Å². The van der Waals surface area contributed by atoms with Gasteiger partial charge in [0.1, 0.15) is 11.5 Å². The number of halogens is 5. The highest BCUT2D eigenvalue weighted by molar-refractivity contribution is 6.33. The van der Waals surface area contributed by atoms with Crippen molar-refractivity contribution in [1.29, 1.82) is 0 Å². The van der Waals surface area contributed by atoms with Gasteiger partial charge < -0.3 is 9.72 Å². The topological polar surface area (TPSA) is 46.4 Å². The van der Waals surface area contributed by atoms with Crippen molar-refractivity contribution in [2.24, 2.45) is 0 Å². The van der Waals surface area contributed by atoms with Crippen LogP contribution in [0.2, 0.25) is 5.02 Å². The number of aromatic nitrogens is 2. The van der Waals surface area contributed by atoms with Crippen LogP contribution in [0.5, 0.6) is 0 Å². The van der Waals surface area contributed by atoms with E-state index in [0.717, 1.165) is 18.2 Å². The summed E-state index contributed by atoms with van der Waals surface area (Å²) in [5, 5.41) is 2.32. The fraction of sp³-hybridized carbons (Fsp3) is 0.125. The number of benzene rings is 1. The van der Waals surface area contributed by atoms with Crippen LogP contribution in [-0.2, 0) is 17.4 Å². The molecule has 2 heterocycles. The Hall–Kier alpha value is -2.61. The zero-order valence-corrected chi connectivity index (χ0v) is 13.2. The molecule has 0 saturated heterocycles. The first kappa shape index (κ1) is 17.2. The van der Waals surface area contributed by atoms with Gasteiger partial charge in [-0.25, -0.2) is 9.37 Å². The van der Waals surface area contributed by atoms with Crippen molar-refractivity contribution in [1.82, 2.24) is 9.38 Å². The van der Waals surface area contributed by atoms with Crippen molar-refractivity contribution in [3.8, 4) is 0 Å². The van der Waals surface area contributed by atoms with Gasteiger partial charge in [-0.05, 0) is 30.3 Å². The van der Waals surface area contributed by atoms with Crippen LogP contribution in [0.1, 0.15) is 11.3 Å². The number of carbonyl (C=O) groups is 1. The Morgan fingerprint density at radius 2 is 1.96 bits per heavy atom. The standard InChI is InChI=1S/C16H10ClF4N3O/c17-12-3-1-9(16(19,20)21)5-13(12)23-15(25)6-11-8-24-7-10(18)2-4-14(24)22-11/h1-5,7-8H,6H2,(H,23,25). The molecule has 1 N–H and O–H groups in total. The summed E-state index contributed by atoms with van der Waals surface area (Å²) >= 11 is 5.83. The first-order valence-electron chi connectivity index (χ1n) is 7.02. The average molecular weight is 372 g/mol. The fourth-order valence-corrected chi connectivity index (χ4v) is 2.42. The maximum atomic E-state index is 13.1. The van der Waals surface area contributed by atoms with E-state index in [4.69, 9.17) is 11.6 Å². The Balaban J connectivity index is 1.77. The number of alkyl halides is 3. The second kappa shape index (κ2) is 6.36. The number of pyridine rings is 1. The monoisotopic (exact) mass is 371 g/mol. The van der Waals surface area contributed by atoms with Gasteiger partial charge >= 0.3 is 6.18 Å². The molecule has 0 unspecified atom stereocenters. The summed E-state index contributed by atoms with van der Waals surface area (Å²) in [7, 11) is 0. The van der Waals surface area contributed by atoms with Crippen LogP contribution < -0.4 is 5.32 Å². The minimum absolute atomic E-state index is 0.0153. The fourth-order valence-electron chi connectivity index (χ4n) is 2.26. The second-order valence-electron chi connectivity index (χ2n) is 5.26. The zero-order valence-electron chi connectivity index (χ0n) is 12.4. The summed E-state index contributed by atoms with van der Waals surface area (Å²) in [6.45, 7) is 0. The minimum Gasteiger partial charge on any atom is -0.324 e. The van der Waals surface area contributed by atoms with E-state index in [2.05, 4.69) is 10.3 Å². The number of anilines is 1. The van der Waals surface area contributed by atoms with Gasteiger partial charge in [-0.3, -0.25) is 4.79 Å². The zero-order chi connectivity index (χ0) is 18.2. The van der Waals surface area contributed by atoms with Crippen LogP contribution in [0.15, 0.2) is 42.7 Å². The van der Waals surface area contributed by atoms with Gasteiger partial charge in [0, 0.05) is 12.4 Å². The molecule has 0 spiro atoms. The quantitative estimate of drug-likeness (QED) is 0.697. The molecule has 1 amide bonds. The Labute approximate surface area is 144 Å². The van der Waals surface area contributed by atoms with E-state index < -0.39 is 23.5 Å². The lowest BCUT2D eigenvalue weighted by Gasteiger charge is -2.11. The number of hydrogen-bond acceptors (Lipinski definition) is 2. The van der Waals surface area contributed by atoms with E-state index in [1.807, 2.05) is 0 Å². The summed E-state index contributed by atoms with van der Waals surface area (Å²) < 4.78 is 52.8. The molecular weight excluding hydrogens is 362 g/mol. The predicted molar refractivity (Wildman–Crippen MR) is 83.9 cm³/mol. The molecule has 0 aliphatic carbocycles. The smallest absolute Gasteiger partial charge is 0.324 e. The van der Waals surface area contributed by atoms with E-state index >= 15 is 0 Å². The number of rotatable bonds is 3. The molecule has 2 aromatic heterocycles. The van der Waals surface area contributed by atoms with Gasteiger partial charge in [0.2, 0.25) is 5.91 Å². The molecular formula is C16H10ClF4N3O. The van der Waals surface area contributed by atoms with Gasteiger partial charge in [-0.15, -0.1) is 0 Å². The molecule has 9 heteroatoms. The molecule has 130 valence electrons. The van der Waals surface area contributed by atoms with Crippen LogP contribution in [0.4, 0.5) is 23.2 Å². The van der Waals surface area contributed by atoms with E-state index in [0.29, 0.717) is 11.3 Å². The largest absolute Gasteiger partial charge is 0.416 e. The maximum absolute atomic E-state index is 13.1. The molecule has 0 aliphatic heterocycles. The van der Waals surface area contributed by atoms with Crippen molar-refractivity contribution < 1.29 is 22.4 Å². The number of imidazole rings is 1. The maximum Gasteiger partial charge on any atom is 0.416 e. The Morgan fingerprint density at radius 3 is 2.68 bits per heavy atom. The normalized spacial score (nSPS) is 11.7. The van der Waals surface area contributed by atoms with Crippen molar-refractivity contribution in [3.63, 3.8) is 0 Å². The lowest BCUT2D eigenvalue weighted by molar-refractivity contribution is -0.137. The van der Waals surface area contributed by atoms with E-state index in [1.165, 1.54) is 28.9 Å². The molecule has 0 radical (unpaired) electrons. The molecule has 0 atom stereocenters.